The maximum absolute atomic E-state index is 11.6. The van der Waals surface area contributed by atoms with Crippen LogP contribution in [0.4, 0.5) is 5.82 Å². The summed E-state index contributed by atoms with van der Waals surface area (Å²) in [5.41, 5.74) is 3.63. The number of hydrogen-bond donors (Lipinski definition) is 1. The van der Waals surface area contributed by atoms with E-state index >= 15 is 0 Å². The van der Waals surface area contributed by atoms with Gasteiger partial charge in [0, 0.05) is 36.3 Å². The number of aromatic nitrogens is 3. The van der Waals surface area contributed by atoms with E-state index < -0.39 is 0 Å². The molecule has 138 valence electrons. The standard InChI is InChI=1S/C20H20ClN5O/c1-12(2)26-10-15-18(17(26)11-27)24-20(21)25-19(15)23-9-13-7-14-5-3-4-6-16(14)22-8-13/h3-8,11-12,17H,9-10H2,1-2H3,(H,23,24,25). The summed E-state index contributed by atoms with van der Waals surface area (Å²) in [7, 11) is 0. The number of aldehydes is 1. The Labute approximate surface area is 162 Å². The van der Waals surface area contributed by atoms with Gasteiger partial charge in [0.25, 0.3) is 0 Å². The van der Waals surface area contributed by atoms with Crippen LogP contribution in [0.15, 0.2) is 36.5 Å². The molecule has 1 atom stereocenters. The predicted octanol–water partition coefficient (Wildman–Crippen LogP) is 3.75. The lowest BCUT2D eigenvalue weighted by atomic mass is 10.1. The fraction of sp³-hybridized carbons (Fsp3) is 0.300. The number of benzene rings is 1. The Morgan fingerprint density at radius 3 is 2.93 bits per heavy atom. The van der Waals surface area contributed by atoms with Crippen molar-refractivity contribution in [3.63, 3.8) is 0 Å². The van der Waals surface area contributed by atoms with Crippen molar-refractivity contribution in [3.8, 4) is 0 Å². The van der Waals surface area contributed by atoms with Crippen LogP contribution in [-0.4, -0.2) is 32.2 Å². The number of nitrogens with one attached hydrogen (secondary N) is 1. The van der Waals surface area contributed by atoms with Crippen LogP contribution in [0, 0.1) is 0 Å². The molecule has 4 rings (SSSR count). The maximum Gasteiger partial charge on any atom is 0.224 e. The minimum Gasteiger partial charge on any atom is -0.366 e. The van der Waals surface area contributed by atoms with Crippen molar-refractivity contribution in [2.45, 2.75) is 39.0 Å². The third kappa shape index (κ3) is 3.38. The molecule has 27 heavy (non-hydrogen) atoms. The lowest BCUT2D eigenvalue weighted by molar-refractivity contribution is -0.113. The molecule has 0 aliphatic carbocycles. The highest BCUT2D eigenvalue weighted by Gasteiger charge is 2.35. The van der Waals surface area contributed by atoms with Gasteiger partial charge in [0.1, 0.15) is 18.1 Å². The number of carbonyl (C=O) groups is 1. The summed E-state index contributed by atoms with van der Waals surface area (Å²) in [4.78, 5) is 26.9. The number of anilines is 1. The molecule has 3 aromatic rings. The van der Waals surface area contributed by atoms with Crippen molar-refractivity contribution in [1.82, 2.24) is 19.9 Å². The molecule has 0 saturated carbocycles. The summed E-state index contributed by atoms with van der Waals surface area (Å²) in [6, 6.07) is 9.94. The minimum absolute atomic E-state index is 0.144. The van der Waals surface area contributed by atoms with Gasteiger partial charge in [-0.15, -0.1) is 0 Å². The van der Waals surface area contributed by atoms with Gasteiger partial charge in [-0.3, -0.25) is 9.88 Å². The largest absolute Gasteiger partial charge is 0.366 e. The number of halogens is 1. The summed E-state index contributed by atoms with van der Waals surface area (Å²) in [5, 5.41) is 4.59. The van der Waals surface area contributed by atoms with Gasteiger partial charge in [0.05, 0.1) is 11.2 Å². The highest BCUT2D eigenvalue weighted by molar-refractivity contribution is 6.28. The second kappa shape index (κ2) is 7.21. The molecular weight excluding hydrogens is 362 g/mol. The van der Waals surface area contributed by atoms with E-state index in [9.17, 15) is 4.79 Å². The zero-order valence-electron chi connectivity index (χ0n) is 15.2. The Morgan fingerprint density at radius 1 is 1.33 bits per heavy atom. The fourth-order valence-electron chi connectivity index (χ4n) is 3.50. The topological polar surface area (TPSA) is 71.0 Å². The van der Waals surface area contributed by atoms with Crippen molar-refractivity contribution >= 4 is 34.6 Å². The first-order chi connectivity index (χ1) is 13.1. The highest BCUT2D eigenvalue weighted by Crippen LogP contribution is 2.36. The quantitative estimate of drug-likeness (QED) is 0.536. The van der Waals surface area contributed by atoms with Crippen LogP contribution in [0.3, 0.4) is 0 Å². The van der Waals surface area contributed by atoms with Gasteiger partial charge in [-0.1, -0.05) is 18.2 Å². The molecule has 1 aromatic carbocycles. The molecule has 7 heteroatoms. The van der Waals surface area contributed by atoms with Gasteiger partial charge in [0.15, 0.2) is 0 Å². The van der Waals surface area contributed by atoms with Crippen LogP contribution >= 0.6 is 11.6 Å². The fourth-order valence-corrected chi connectivity index (χ4v) is 3.68. The molecule has 3 heterocycles. The Kier molecular flexibility index (Phi) is 4.76. The third-order valence-electron chi connectivity index (χ3n) is 4.89. The van der Waals surface area contributed by atoms with Crippen molar-refractivity contribution < 1.29 is 4.79 Å². The Morgan fingerprint density at radius 2 is 2.15 bits per heavy atom. The van der Waals surface area contributed by atoms with E-state index in [0.29, 0.717) is 24.6 Å². The minimum atomic E-state index is -0.386. The van der Waals surface area contributed by atoms with Crippen molar-refractivity contribution in [2.75, 3.05) is 5.32 Å². The lowest BCUT2D eigenvalue weighted by Crippen LogP contribution is -2.30. The number of carbonyl (C=O) groups excluding carboxylic acids is 1. The molecule has 2 aromatic heterocycles. The number of fused-ring (bicyclic) bond motifs is 2. The van der Waals surface area contributed by atoms with Crippen LogP contribution in [0.25, 0.3) is 10.9 Å². The molecule has 1 N–H and O–H groups in total. The zero-order chi connectivity index (χ0) is 19.0. The molecule has 0 fully saturated rings. The zero-order valence-corrected chi connectivity index (χ0v) is 15.9. The number of hydrogen-bond acceptors (Lipinski definition) is 6. The summed E-state index contributed by atoms with van der Waals surface area (Å²) < 4.78 is 0. The van der Waals surface area contributed by atoms with E-state index in [4.69, 9.17) is 11.6 Å². The smallest absolute Gasteiger partial charge is 0.224 e. The highest BCUT2D eigenvalue weighted by atomic mass is 35.5. The van der Waals surface area contributed by atoms with E-state index in [1.807, 2.05) is 30.5 Å². The number of rotatable bonds is 5. The van der Waals surface area contributed by atoms with E-state index in [2.05, 4.69) is 45.1 Å². The Balaban J connectivity index is 1.62. The number of para-hydroxylation sites is 1. The average Bonchev–Trinajstić information content (AvgIpc) is 3.04. The van der Waals surface area contributed by atoms with E-state index in [1.54, 1.807) is 0 Å². The van der Waals surface area contributed by atoms with E-state index in [1.165, 1.54) is 0 Å². The molecule has 1 aliphatic heterocycles. The van der Waals surface area contributed by atoms with Crippen molar-refractivity contribution in [2.24, 2.45) is 0 Å². The molecule has 0 saturated heterocycles. The molecule has 1 unspecified atom stereocenters. The second-order valence-corrected chi connectivity index (χ2v) is 7.28. The summed E-state index contributed by atoms with van der Waals surface area (Å²) in [6.07, 6.45) is 2.78. The molecule has 1 aliphatic rings. The van der Waals surface area contributed by atoms with Crippen molar-refractivity contribution in [1.29, 1.82) is 0 Å². The average molecular weight is 382 g/mol. The van der Waals surface area contributed by atoms with Crippen molar-refractivity contribution in [3.05, 3.63) is 58.6 Å². The normalized spacial score (nSPS) is 16.7. The van der Waals surface area contributed by atoms with E-state index in [0.717, 1.165) is 28.3 Å². The van der Waals surface area contributed by atoms with Gasteiger partial charge in [-0.25, -0.2) is 9.97 Å². The van der Waals surface area contributed by atoms with Gasteiger partial charge >= 0.3 is 0 Å². The molecule has 0 amide bonds. The maximum atomic E-state index is 11.6. The Hall–Kier alpha value is -2.57. The van der Waals surface area contributed by atoms with Gasteiger partial charge in [-0.05, 0) is 43.1 Å². The van der Waals surface area contributed by atoms with Gasteiger partial charge < -0.3 is 10.1 Å². The van der Waals surface area contributed by atoms with Crippen LogP contribution in [0.5, 0.6) is 0 Å². The summed E-state index contributed by atoms with van der Waals surface area (Å²) in [6.45, 7) is 5.30. The van der Waals surface area contributed by atoms with Crippen LogP contribution in [-0.2, 0) is 17.9 Å². The second-order valence-electron chi connectivity index (χ2n) is 6.94. The summed E-state index contributed by atoms with van der Waals surface area (Å²) in [5.74, 6) is 0.674. The Bertz CT molecular complexity index is 1010. The summed E-state index contributed by atoms with van der Waals surface area (Å²) >= 11 is 6.13. The van der Waals surface area contributed by atoms with Gasteiger partial charge in [0.2, 0.25) is 5.28 Å². The van der Waals surface area contributed by atoms with Crippen LogP contribution in [0.1, 0.15) is 36.7 Å². The SMILES string of the molecule is CC(C)N1Cc2c(NCc3cnc4ccccc4c3)nc(Cl)nc2C1C=O. The first-order valence-electron chi connectivity index (χ1n) is 8.91. The monoisotopic (exact) mass is 381 g/mol. The third-order valence-corrected chi connectivity index (χ3v) is 5.06. The lowest BCUT2D eigenvalue weighted by Gasteiger charge is -2.23. The first-order valence-corrected chi connectivity index (χ1v) is 9.29. The van der Waals surface area contributed by atoms with Crippen LogP contribution < -0.4 is 5.32 Å². The molecule has 6 nitrogen and oxygen atoms in total. The molecular formula is C20H20ClN5O. The molecule has 0 spiro atoms. The number of nitrogens with zero attached hydrogens (tertiary/aromatic N) is 4. The van der Waals surface area contributed by atoms with E-state index in [-0.39, 0.29) is 17.4 Å². The molecule has 0 radical (unpaired) electrons. The number of pyridine rings is 1. The first kappa shape index (κ1) is 17.8. The van der Waals surface area contributed by atoms with Gasteiger partial charge in [-0.2, -0.15) is 0 Å². The van der Waals surface area contributed by atoms with Crippen LogP contribution in [0.2, 0.25) is 5.28 Å². The predicted molar refractivity (Wildman–Crippen MR) is 106 cm³/mol. The molecule has 0 bridgehead atoms.